The number of ether oxygens (including phenoxy) is 1. The van der Waals surface area contributed by atoms with E-state index >= 15 is 0 Å². The Labute approximate surface area is 99.6 Å². The summed E-state index contributed by atoms with van der Waals surface area (Å²) in [6.45, 7) is 0.548. The lowest BCUT2D eigenvalue weighted by Crippen LogP contribution is -2.16. The molecule has 1 saturated carbocycles. The molecule has 2 aromatic rings. The zero-order chi connectivity index (χ0) is 11.5. The highest BCUT2D eigenvalue weighted by molar-refractivity contribution is 5.71. The SMILES string of the molecule is c1nc(COC2CCCCC2)c2[nH]cnc2n1. The predicted molar refractivity (Wildman–Crippen MR) is 63.3 cm³/mol. The summed E-state index contributed by atoms with van der Waals surface area (Å²) in [6, 6.07) is 0. The van der Waals surface area contributed by atoms with Gasteiger partial charge in [-0.2, -0.15) is 0 Å². The molecular weight excluding hydrogens is 216 g/mol. The van der Waals surface area contributed by atoms with Crippen LogP contribution in [0.5, 0.6) is 0 Å². The summed E-state index contributed by atoms with van der Waals surface area (Å²) in [5.41, 5.74) is 2.50. The molecule has 0 atom stereocenters. The fourth-order valence-corrected chi connectivity index (χ4v) is 2.35. The molecule has 0 bridgehead atoms. The molecule has 90 valence electrons. The van der Waals surface area contributed by atoms with Crippen LogP contribution in [0.1, 0.15) is 37.8 Å². The number of rotatable bonds is 3. The highest BCUT2D eigenvalue weighted by atomic mass is 16.5. The summed E-state index contributed by atoms with van der Waals surface area (Å²) in [7, 11) is 0. The Balaban J connectivity index is 1.69. The molecular formula is C12H16N4O. The van der Waals surface area contributed by atoms with Crippen LogP contribution >= 0.6 is 0 Å². The molecule has 0 amide bonds. The smallest absolute Gasteiger partial charge is 0.180 e. The molecule has 5 heteroatoms. The van der Waals surface area contributed by atoms with Crippen molar-refractivity contribution >= 4 is 11.2 Å². The number of fused-ring (bicyclic) bond motifs is 1. The van der Waals surface area contributed by atoms with Gasteiger partial charge >= 0.3 is 0 Å². The van der Waals surface area contributed by atoms with E-state index in [0.29, 0.717) is 18.4 Å². The number of H-pyrrole nitrogens is 1. The standard InChI is InChI=1S/C12H16N4O/c1-2-4-9(5-3-1)17-6-10-11-12(15-7-13-10)16-8-14-11/h7-9H,1-6H2,(H,13,14,15,16). The van der Waals surface area contributed by atoms with Crippen molar-refractivity contribution in [2.75, 3.05) is 0 Å². The van der Waals surface area contributed by atoms with Crippen molar-refractivity contribution in [2.24, 2.45) is 0 Å². The first kappa shape index (κ1) is 10.7. The Morgan fingerprint density at radius 2 is 2.06 bits per heavy atom. The minimum Gasteiger partial charge on any atom is -0.372 e. The van der Waals surface area contributed by atoms with E-state index in [1.54, 1.807) is 12.7 Å². The largest absolute Gasteiger partial charge is 0.372 e. The first-order valence-electron chi connectivity index (χ1n) is 6.18. The highest BCUT2D eigenvalue weighted by Gasteiger charge is 2.15. The van der Waals surface area contributed by atoms with Gasteiger partial charge in [0, 0.05) is 0 Å². The van der Waals surface area contributed by atoms with Gasteiger partial charge in [-0.05, 0) is 12.8 Å². The topological polar surface area (TPSA) is 63.7 Å². The van der Waals surface area contributed by atoms with Crippen LogP contribution in [-0.2, 0) is 11.3 Å². The van der Waals surface area contributed by atoms with Crippen LogP contribution in [0.4, 0.5) is 0 Å². The minimum atomic E-state index is 0.400. The number of nitrogens with one attached hydrogen (secondary N) is 1. The third-order valence-electron chi connectivity index (χ3n) is 3.31. The van der Waals surface area contributed by atoms with E-state index in [4.69, 9.17) is 4.74 Å². The van der Waals surface area contributed by atoms with E-state index in [1.807, 2.05) is 0 Å². The monoisotopic (exact) mass is 232 g/mol. The van der Waals surface area contributed by atoms with Gasteiger partial charge in [0.1, 0.15) is 11.8 Å². The molecule has 1 fully saturated rings. The van der Waals surface area contributed by atoms with Crippen molar-refractivity contribution in [2.45, 2.75) is 44.8 Å². The van der Waals surface area contributed by atoms with Crippen molar-refractivity contribution < 1.29 is 4.74 Å². The van der Waals surface area contributed by atoms with Crippen LogP contribution < -0.4 is 0 Å². The van der Waals surface area contributed by atoms with E-state index in [9.17, 15) is 0 Å². The van der Waals surface area contributed by atoms with Gasteiger partial charge in [-0.25, -0.2) is 15.0 Å². The molecule has 0 saturated heterocycles. The molecule has 0 spiro atoms. The molecule has 3 rings (SSSR count). The second kappa shape index (κ2) is 4.79. The lowest BCUT2D eigenvalue weighted by Gasteiger charge is -2.21. The van der Waals surface area contributed by atoms with Crippen molar-refractivity contribution in [1.29, 1.82) is 0 Å². The Morgan fingerprint density at radius 1 is 1.18 bits per heavy atom. The number of hydrogen-bond donors (Lipinski definition) is 1. The zero-order valence-corrected chi connectivity index (χ0v) is 9.72. The van der Waals surface area contributed by atoms with Gasteiger partial charge in [0.25, 0.3) is 0 Å². The Morgan fingerprint density at radius 3 is 2.94 bits per heavy atom. The Hall–Kier alpha value is -1.49. The van der Waals surface area contributed by atoms with Gasteiger partial charge in [0.15, 0.2) is 5.65 Å². The number of aromatic amines is 1. The summed E-state index contributed by atoms with van der Waals surface area (Å²) in [5.74, 6) is 0. The molecule has 0 unspecified atom stereocenters. The van der Waals surface area contributed by atoms with Crippen molar-refractivity contribution in [3.05, 3.63) is 18.3 Å². The average Bonchev–Trinajstić information content (AvgIpc) is 2.86. The van der Waals surface area contributed by atoms with Crippen molar-refractivity contribution in [3.63, 3.8) is 0 Å². The third kappa shape index (κ3) is 2.29. The van der Waals surface area contributed by atoms with Gasteiger partial charge in [0.05, 0.1) is 24.7 Å². The molecule has 0 radical (unpaired) electrons. The average molecular weight is 232 g/mol. The molecule has 0 aromatic carbocycles. The molecule has 2 heterocycles. The molecule has 2 aromatic heterocycles. The lowest BCUT2D eigenvalue weighted by molar-refractivity contribution is 0.0158. The van der Waals surface area contributed by atoms with E-state index in [2.05, 4.69) is 19.9 Å². The molecule has 1 aliphatic carbocycles. The van der Waals surface area contributed by atoms with Crippen LogP contribution in [0.15, 0.2) is 12.7 Å². The fourth-order valence-electron chi connectivity index (χ4n) is 2.35. The van der Waals surface area contributed by atoms with Crippen LogP contribution in [0, 0.1) is 0 Å². The summed E-state index contributed by atoms with van der Waals surface area (Å²) in [6.07, 6.45) is 9.86. The number of imidazole rings is 1. The summed E-state index contributed by atoms with van der Waals surface area (Å²) in [5, 5.41) is 0. The maximum Gasteiger partial charge on any atom is 0.180 e. The second-order valence-electron chi connectivity index (χ2n) is 4.49. The van der Waals surface area contributed by atoms with Gasteiger partial charge in [0.2, 0.25) is 0 Å². The molecule has 5 nitrogen and oxygen atoms in total. The first-order chi connectivity index (χ1) is 8.43. The first-order valence-corrected chi connectivity index (χ1v) is 6.18. The van der Waals surface area contributed by atoms with E-state index in [1.165, 1.54) is 32.1 Å². The van der Waals surface area contributed by atoms with Gasteiger partial charge in [-0.1, -0.05) is 19.3 Å². The van der Waals surface area contributed by atoms with Crippen LogP contribution in [0.2, 0.25) is 0 Å². The highest BCUT2D eigenvalue weighted by Crippen LogP contribution is 2.21. The van der Waals surface area contributed by atoms with Crippen molar-refractivity contribution in [3.8, 4) is 0 Å². The van der Waals surface area contributed by atoms with Crippen LogP contribution in [0.3, 0.4) is 0 Å². The summed E-state index contributed by atoms with van der Waals surface area (Å²) < 4.78 is 5.91. The maximum absolute atomic E-state index is 5.91. The molecule has 1 aliphatic rings. The third-order valence-corrected chi connectivity index (χ3v) is 3.31. The maximum atomic E-state index is 5.91. The van der Waals surface area contributed by atoms with Crippen LogP contribution in [0.25, 0.3) is 11.2 Å². The molecule has 1 N–H and O–H groups in total. The minimum absolute atomic E-state index is 0.400. The van der Waals surface area contributed by atoms with Crippen molar-refractivity contribution in [1.82, 2.24) is 19.9 Å². The number of hydrogen-bond acceptors (Lipinski definition) is 4. The summed E-state index contributed by atoms with van der Waals surface area (Å²) in [4.78, 5) is 15.5. The number of aromatic nitrogens is 4. The molecule has 17 heavy (non-hydrogen) atoms. The fraction of sp³-hybridized carbons (Fsp3) is 0.583. The zero-order valence-electron chi connectivity index (χ0n) is 9.72. The normalized spacial score (nSPS) is 17.6. The van der Waals surface area contributed by atoms with E-state index in [0.717, 1.165) is 11.2 Å². The Bertz CT molecular complexity index is 490. The van der Waals surface area contributed by atoms with Gasteiger partial charge in [-0.3, -0.25) is 0 Å². The lowest BCUT2D eigenvalue weighted by atomic mass is 9.98. The van der Waals surface area contributed by atoms with Gasteiger partial charge < -0.3 is 9.72 Å². The second-order valence-corrected chi connectivity index (χ2v) is 4.49. The number of nitrogens with zero attached hydrogens (tertiary/aromatic N) is 3. The quantitative estimate of drug-likeness (QED) is 0.881. The van der Waals surface area contributed by atoms with Gasteiger partial charge in [-0.15, -0.1) is 0 Å². The molecule has 0 aliphatic heterocycles. The van der Waals surface area contributed by atoms with E-state index in [-0.39, 0.29) is 0 Å². The summed E-state index contributed by atoms with van der Waals surface area (Å²) >= 11 is 0. The Kier molecular flexibility index (Phi) is 3.00. The van der Waals surface area contributed by atoms with Crippen LogP contribution in [-0.4, -0.2) is 26.0 Å². The van der Waals surface area contributed by atoms with E-state index < -0.39 is 0 Å². The predicted octanol–water partition coefficient (Wildman–Crippen LogP) is 2.20.